The Morgan fingerprint density at radius 2 is 1.46 bits per heavy atom. The Morgan fingerprint density at radius 3 is 2.03 bits per heavy atom. The summed E-state index contributed by atoms with van der Waals surface area (Å²) >= 11 is 0. The summed E-state index contributed by atoms with van der Waals surface area (Å²) in [6.45, 7) is 2.15. The minimum atomic E-state index is -0.252. The molecule has 2 aromatic rings. The molecule has 0 saturated heterocycles. The van der Waals surface area contributed by atoms with Gasteiger partial charge >= 0.3 is 23.0 Å². The molecule has 1 aromatic carbocycles. The second kappa shape index (κ2) is 20.4. The van der Waals surface area contributed by atoms with Crippen LogP contribution in [0.15, 0.2) is 82.5 Å². The number of ketones is 1. The van der Waals surface area contributed by atoms with Gasteiger partial charge in [0.1, 0.15) is 5.76 Å². The summed E-state index contributed by atoms with van der Waals surface area (Å²) in [5.74, 6) is 1.05. The van der Waals surface area contributed by atoms with Gasteiger partial charge in [-0.15, -0.1) is 5.76 Å². The van der Waals surface area contributed by atoms with Crippen molar-refractivity contribution >= 4 is 11.8 Å². The molecular formula is C31H40FeO5. The molecule has 0 amide bonds. The van der Waals surface area contributed by atoms with E-state index in [0.717, 1.165) is 44.1 Å². The molecule has 6 heteroatoms. The van der Waals surface area contributed by atoms with Crippen LogP contribution in [0.25, 0.3) is 0 Å². The van der Waals surface area contributed by atoms with Crippen LogP contribution < -0.4 is 5.11 Å². The van der Waals surface area contributed by atoms with Gasteiger partial charge in [0.25, 0.3) is 0 Å². The predicted molar refractivity (Wildman–Crippen MR) is 142 cm³/mol. The zero-order chi connectivity index (χ0) is 25.8. The van der Waals surface area contributed by atoms with Crippen molar-refractivity contribution in [2.45, 2.75) is 84.0 Å². The zero-order valence-corrected chi connectivity index (χ0v) is 23.0. The third kappa shape index (κ3) is 14.6. The van der Waals surface area contributed by atoms with Gasteiger partial charge in [0.15, 0.2) is 11.5 Å². The predicted octanol–water partition coefficient (Wildman–Crippen LogP) is 7.00. The second-order valence-electron chi connectivity index (χ2n) is 8.88. The maximum Gasteiger partial charge on any atom is 2.00 e. The molecule has 202 valence electrons. The van der Waals surface area contributed by atoms with Crippen LogP contribution in [0.5, 0.6) is 0 Å². The molecule has 0 spiro atoms. The van der Waals surface area contributed by atoms with E-state index in [1.807, 2.05) is 54.6 Å². The second-order valence-corrected chi connectivity index (χ2v) is 8.88. The molecule has 1 aromatic heterocycles. The van der Waals surface area contributed by atoms with Crippen LogP contribution in [0.1, 0.15) is 93.9 Å². The number of ether oxygens (including phenoxy) is 1. The maximum absolute atomic E-state index is 12.2. The summed E-state index contributed by atoms with van der Waals surface area (Å²) in [7, 11) is 0. The van der Waals surface area contributed by atoms with E-state index < -0.39 is 0 Å². The standard InChI is InChI=1S/C26H36O5.C5H5.Fe/c1-2-30-26(29)20-18-22-17-19-25(31-22)24(28)16-10-8-6-4-3-5-7-9-15-23(27)21-13-11-12-14-21;1-2-4-5-3-1;/h11-14,17,19,27H,2-10,15-16,18,20H2,1H3;1-5H;/q;-1;+2/p-1. The minimum Gasteiger partial charge on any atom is -0.875 e. The van der Waals surface area contributed by atoms with Crippen molar-refractivity contribution in [3.63, 3.8) is 0 Å². The first-order chi connectivity index (χ1) is 17.6. The van der Waals surface area contributed by atoms with Crippen LogP contribution >= 0.6 is 0 Å². The Hall–Kier alpha value is -2.69. The number of rotatable bonds is 16. The number of hydrogen-bond acceptors (Lipinski definition) is 5. The van der Waals surface area contributed by atoms with Gasteiger partial charge in [-0.3, -0.25) is 9.59 Å². The largest absolute Gasteiger partial charge is 2.00 e. The average molecular weight is 549 g/mol. The molecule has 3 rings (SSSR count). The van der Waals surface area contributed by atoms with E-state index in [9.17, 15) is 14.7 Å². The summed E-state index contributed by atoms with van der Waals surface area (Å²) in [4.78, 5) is 23.6. The van der Waals surface area contributed by atoms with E-state index in [0.29, 0.717) is 37.4 Å². The number of carbonyl (C=O) groups excluding carboxylic acids is 2. The maximum atomic E-state index is 12.2. The Balaban J connectivity index is 0.00000102. The fourth-order valence-electron chi connectivity index (χ4n) is 3.90. The molecule has 0 atom stereocenters. The first-order valence-corrected chi connectivity index (χ1v) is 13.3. The number of esters is 1. The molecule has 0 unspecified atom stereocenters. The number of aryl methyl sites for hydroxylation is 1. The molecule has 0 N–H and O–H groups in total. The fourth-order valence-corrected chi connectivity index (χ4v) is 3.90. The van der Waals surface area contributed by atoms with Gasteiger partial charge < -0.3 is 14.3 Å². The van der Waals surface area contributed by atoms with Crippen molar-refractivity contribution in [2.24, 2.45) is 0 Å². The van der Waals surface area contributed by atoms with Crippen LogP contribution in [-0.2, 0) is 33.0 Å². The van der Waals surface area contributed by atoms with Gasteiger partial charge in [-0.2, -0.15) is 18.2 Å². The molecule has 5 nitrogen and oxygen atoms in total. The average Bonchev–Trinajstić information content (AvgIpc) is 3.67. The number of furan rings is 1. The summed E-state index contributed by atoms with van der Waals surface area (Å²) in [5.41, 5.74) is 0.831. The van der Waals surface area contributed by atoms with Crippen molar-refractivity contribution < 1.29 is 40.9 Å². The molecule has 0 bridgehead atoms. The third-order valence-electron chi connectivity index (χ3n) is 5.92. The first-order valence-electron chi connectivity index (χ1n) is 13.3. The topological polar surface area (TPSA) is 79.6 Å². The summed E-state index contributed by atoms with van der Waals surface area (Å²) < 4.78 is 10.5. The Bertz CT molecular complexity index is 934. The SMILES string of the molecule is CCOC(=O)CCc1ccc(C(=O)CCCCCCCCCCC([O-])=C2C=CC=C2)o1.[Fe+2].c1cc[cH-]c1. The van der Waals surface area contributed by atoms with E-state index in [-0.39, 0.29) is 41.0 Å². The Morgan fingerprint density at radius 1 is 0.865 bits per heavy atom. The number of allylic oxidation sites excluding steroid dienone is 6. The monoisotopic (exact) mass is 548 g/mol. The third-order valence-corrected chi connectivity index (χ3v) is 5.92. The van der Waals surface area contributed by atoms with Crippen LogP contribution in [0.4, 0.5) is 0 Å². The number of hydrogen-bond donors (Lipinski definition) is 0. The van der Waals surface area contributed by atoms with Crippen LogP contribution in [0.3, 0.4) is 0 Å². The normalized spacial score (nSPS) is 11.5. The van der Waals surface area contributed by atoms with Crippen molar-refractivity contribution in [2.75, 3.05) is 6.61 Å². The fraction of sp³-hybridized carbons (Fsp3) is 0.452. The van der Waals surface area contributed by atoms with E-state index in [2.05, 4.69) is 0 Å². The summed E-state index contributed by atoms with van der Waals surface area (Å²) in [6, 6.07) is 13.5. The van der Waals surface area contributed by atoms with Crippen LogP contribution in [0.2, 0.25) is 0 Å². The van der Waals surface area contributed by atoms with Gasteiger partial charge in [-0.1, -0.05) is 69.2 Å². The number of unbranched alkanes of at least 4 members (excludes halogenated alkanes) is 7. The summed E-state index contributed by atoms with van der Waals surface area (Å²) in [5, 5.41) is 11.9. The van der Waals surface area contributed by atoms with E-state index in [1.165, 1.54) is 12.8 Å². The van der Waals surface area contributed by atoms with Crippen LogP contribution in [-0.4, -0.2) is 18.4 Å². The molecule has 0 radical (unpaired) electrons. The van der Waals surface area contributed by atoms with Crippen molar-refractivity contribution in [3.8, 4) is 0 Å². The first kappa shape index (κ1) is 32.3. The van der Waals surface area contributed by atoms with E-state index in [1.54, 1.807) is 19.1 Å². The smallest absolute Gasteiger partial charge is 0.875 e. The molecule has 0 saturated carbocycles. The van der Waals surface area contributed by atoms with Crippen LogP contribution in [0, 0.1) is 0 Å². The molecule has 37 heavy (non-hydrogen) atoms. The van der Waals surface area contributed by atoms with Crippen molar-refractivity contribution in [1.29, 1.82) is 0 Å². The molecule has 1 aliphatic carbocycles. The van der Waals surface area contributed by atoms with Crippen molar-refractivity contribution in [1.82, 2.24) is 0 Å². The minimum absolute atomic E-state index is 0. The van der Waals surface area contributed by atoms with E-state index in [4.69, 9.17) is 9.15 Å². The van der Waals surface area contributed by atoms with E-state index >= 15 is 0 Å². The molecule has 1 heterocycles. The van der Waals surface area contributed by atoms with Gasteiger partial charge in [-0.25, -0.2) is 12.1 Å². The van der Waals surface area contributed by atoms with Gasteiger partial charge in [0, 0.05) is 12.8 Å². The number of carbonyl (C=O) groups is 2. The Kier molecular flexibility index (Phi) is 17.8. The number of Topliss-reactive ketones (excluding diaryl/α,β-unsaturated/α-hetero) is 1. The molecule has 0 aliphatic heterocycles. The molecule has 0 fully saturated rings. The zero-order valence-electron chi connectivity index (χ0n) is 21.9. The summed E-state index contributed by atoms with van der Waals surface area (Å²) in [6.07, 6.45) is 18.0. The van der Waals surface area contributed by atoms with Gasteiger partial charge in [0.2, 0.25) is 0 Å². The van der Waals surface area contributed by atoms with Crippen molar-refractivity contribution in [3.05, 3.63) is 89.6 Å². The van der Waals surface area contributed by atoms with Gasteiger partial charge in [0.05, 0.1) is 13.0 Å². The molecular weight excluding hydrogens is 508 g/mol. The quantitative estimate of drug-likeness (QED) is 0.0564. The van der Waals surface area contributed by atoms with Gasteiger partial charge in [-0.05, 0) is 37.5 Å². The molecule has 1 aliphatic rings. The Labute approximate surface area is 232 Å².